The topological polar surface area (TPSA) is 62.4 Å². The van der Waals surface area contributed by atoms with Gasteiger partial charge in [-0.1, -0.05) is 35.0 Å². The molecule has 5 nitrogen and oxygen atoms in total. The first-order valence-electron chi connectivity index (χ1n) is 6.51. The van der Waals surface area contributed by atoms with E-state index < -0.39 is 0 Å². The molecule has 2 heterocycles. The molecule has 1 fully saturated rings. The summed E-state index contributed by atoms with van der Waals surface area (Å²) in [5.41, 5.74) is 2.17. The number of hydrogen-bond acceptors (Lipinski definition) is 5. The highest BCUT2D eigenvalue weighted by molar-refractivity contribution is 5.54. The fraction of sp³-hybridized carbons (Fsp3) is 0.429. The summed E-state index contributed by atoms with van der Waals surface area (Å²) in [7, 11) is 0. The fourth-order valence-electron chi connectivity index (χ4n) is 2.29. The molecule has 0 aliphatic carbocycles. The third kappa shape index (κ3) is 2.83. The Morgan fingerprint density at radius 2 is 2.16 bits per heavy atom. The van der Waals surface area contributed by atoms with Crippen molar-refractivity contribution in [1.29, 1.82) is 0 Å². The summed E-state index contributed by atoms with van der Waals surface area (Å²) in [5.74, 6) is 1.22. The number of nitrogens with zero attached hydrogens (tertiary/aromatic N) is 3. The van der Waals surface area contributed by atoms with Gasteiger partial charge in [-0.05, 0) is 13.3 Å². The number of benzene rings is 1. The molecule has 3 rings (SSSR count). The second-order valence-electron chi connectivity index (χ2n) is 5.06. The van der Waals surface area contributed by atoms with Crippen LogP contribution in [0, 0.1) is 6.92 Å². The average molecular weight is 259 g/mol. The standard InChI is InChI=1S/C14H17N3O2/c1-10-2-4-11(5-3-10)14-15-13(19-16-14)9-17-7-6-12(18)8-17/h2-5,12,18H,6-9H2,1H3/t12-/m0/s1. The van der Waals surface area contributed by atoms with Gasteiger partial charge in [0.15, 0.2) is 0 Å². The summed E-state index contributed by atoms with van der Waals surface area (Å²) in [6.45, 7) is 4.21. The van der Waals surface area contributed by atoms with E-state index in [2.05, 4.69) is 15.0 Å². The highest BCUT2D eigenvalue weighted by Crippen LogP contribution is 2.18. The molecule has 1 saturated heterocycles. The summed E-state index contributed by atoms with van der Waals surface area (Å²) in [6.07, 6.45) is 0.596. The average Bonchev–Trinajstić information content (AvgIpc) is 3.00. The zero-order chi connectivity index (χ0) is 13.2. The molecule has 100 valence electrons. The van der Waals surface area contributed by atoms with Crippen molar-refractivity contribution in [2.45, 2.75) is 26.0 Å². The van der Waals surface area contributed by atoms with E-state index in [1.165, 1.54) is 5.56 Å². The molecule has 1 atom stereocenters. The summed E-state index contributed by atoms with van der Waals surface area (Å²) in [4.78, 5) is 6.52. The van der Waals surface area contributed by atoms with Crippen LogP contribution in [0.5, 0.6) is 0 Å². The smallest absolute Gasteiger partial charge is 0.241 e. The van der Waals surface area contributed by atoms with Crippen LogP contribution < -0.4 is 0 Å². The minimum atomic E-state index is -0.223. The lowest BCUT2D eigenvalue weighted by atomic mass is 10.1. The molecule has 1 aliphatic heterocycles. The predicted molar refractivity (Wildman–Crippen MR) is 70.4 cm³/mol. The van der Waals surface area contributed by atoms with Crippen molar-refractivity contribution in [1.82, 2.24) is 15.0 Å². The minimum Gasteiger partial charge on any atom is -0.392 e. The number of aromatic nitrogens is 2. The van der Waals surface area contributed by atoms with E-state index in [1.807, 2.05) is 31.2 Å². The SMILES string of the molecule is Cc1ccc(-c2noc(CN3CC[C@H](O)C3)n2)cc1. The number of likely N-dealkylation sites (tertiary alicyclic amines) is 1. The van der Waals surface area contributed by atoms with E-state index in [1.54, 1.807) is 0 Å². The summed E-state index contributed by atoms with van der Waals surface area (Å²) >= 11 is 0. The van der Waals surface area contributed by atoms with E-state index in [9.17, 15) is 5.11 Å². The van der Waals surface area contributed by atoms with Gasteiger partial charge in [0.2, 0.25) is 11.7 Å². The van der Waals surface area contributed by atoms with Crippen LogP contribution in [0.3, 0.4) is 0 Å². The number of hydrogen-bond donors (Lipinski definition) is 1. The van der Waals surface area contributed by atoms with E-state index in [0.29, 0.717) is 24.8 Å². The van der Waals surface area contributed by atoms with Crippen molar-refractivity contribution < 1.29 is 9.63 Å². The number of aliphatic hydroxyl groups excluding tert-OH is 1. The molecular weight excluding hydrogens is 242 g/mol. The molecule has 0 radical (unpaired) electrons. The molecule has 0 unspecified atom stereocenters. The first-order chi connectivity index (χ1) is 9.20. The van der Waals surface area contributed by atoms with Crippen molar-refractivity contribution in [2.75, 3.05) is 13.1 Å². The molecule has 0 amide bonds. The van der Waals surface area contributed by atoms with Crippen molar-refractivity contribution in [2.24, 2.45) is 0 Å². The molecule has 5 heteroatoms. The van der Waals surface area contributed by atoms with Crippen molar-refractivity contribution >= 4 is 0 Å². The third-order valence-electron chi connectivity index (χ3n) is 3.38. The van der Waals surface area contributed by atoms with Gasteiger partial charge in [0, 0.05) is 18.7 Å². The number of rotatable bonds is 3. The van der Waals surface area contributed by atoms with Crippen LogP contribution in [0.4, 0.5) is 0 Å². The molecule has 1 aliphatic rings. The number of β-amino-alcohol motifs (C(OH)–C–C–N with tert-alkyl or cyclic N) is 1. The molecule has 1 aromatic carbocycles. The summed E-state index contributed by atoms with van der Waals surface area (Å²) in [6, 6.07) is 8.04. The second kappa shape index (κ2) is 5.11. The maximum absolute atomic E-state index is 9.48. The fourth-order valence-corrected chi connectivity index (χ4v) is 2.29. The quantitative estimate of drug-likeness (QED) is 0.907. The molecule has 1 N–H and O–H groups in total. The van der Waals surface area contributed by atoms with Crippen LogP contribution in [0.2, 0.25) is 0 Å². The normalized spacial score (nSPS) is 20.0. The Morgan fingerprint density at radius 1 is 1.37 bits per heavy atom. The summed E-state index contributed by atoms with van der Waals surface area (Å²) < 4.78 is 5.26. The Morgan fingerprint density at radius 3 is 2.84 bits per heavy atom. The number of aryl methyl sites for hydroxylation is 1. The lowest BCUT2D eigenvalue weighted by molar-refractivity contribution is 0.169. The number of aliphatic hydroxyl groups is 1. The third-order valence-corrected chi connectivity index (χ3v) is 3.38. The molecular formula is C14H17N3O2. The Hall–Kier alpha value is -1.72. The molecule has 1 aromatic heterocycles. The Kier molecular flexibility index (Phi) is 3.31. The zero-order valence-electron chi connectivity index (χ0n) is 10.9. The molecule has 2 aromatic rings. The van der Waals surface area contributed by atoms with Crippen LogP contribution in [0.25, 0.3) is 11.4 Å². The summed E-state index contributed by atoms with van der Waals surface area (Å²) in [5, 5.41) is 13.5. The van der Waals surface area contributed by atoms with Gasteiger partial charge in [-0.3, -0.25) is 4.90 Å². The lowest BCUT2D eigenvalue weighted by Gasteiger charge is -2.10. The van der Waals surface area contributed by atoms with Crippen molar-refractivity contribution in [3.05, 3.63) is 35.7 Å². The largest absolute Gasteiger partial charge is 0.392 e. The van der Waals surface area contributed by atoms with Gasteiger partial charge in [0.05, 0.1) is 12.6 Å². The lowest BCUT2D eigenvalue weighted by Crippen LogP contribution is -2.21. The molecule has 0 bridgehead atoms. The molecule has 19 heavy (non-hydrogen) atoms. The second-order valence-corrected chi connectivity index (χ2v) is 5.06. The van der Waals surface area contributed by atoms with Gasteiger partial charge in [-0.15, -0.1) is 0 Å². The zero-order valence-corrected chi connectivity index (χ0v) is 10.9. The van der Waals surface area contributed by atoms with E-state index in [4.69, 9.17) is 4.52 Å². The van der Waals surface area contributed by atoms with E-state index >= 15 is 0 Å². The van der Waals surface area contributed by atoms with Crippen LogP contribution >= 0.6 is 0 Å². The molecule has 0 saturated carbocycles. The van der Waals surface area contributed by atoms with Gasteiger partial charge in [0.1, 0.15) is 0 Å². The van der Waals surface area contributed by atoms with Gasteiger partial charge >= 0.3 is 0 Å². The predicted octanol–water partition coefficient (Wildman–Crippen LogP) is 1.61. The van der Waals surface area contributed by atoms with Crippen molar-refractivity contribution in [3.63, 3.8) is 0 Å². The highest BCUT2D eigenvalue weighted by atomic mass is 16.5. The van der Waals surface area contributed by atoms with Gasteiger partial charge in [-0.2, -0.15) is 4.98 Å². The van der Waals surface area contributed by atoms with Crippen LogP contribution in [-0.4, -0.2) is 39.3 Å². The Balaban J connectivity index is 1.71. The van der Waals surface area contributed by atoms with Gasteiger partial charge in [-0.25, -0.2) is 0 Å². The maximum atomic E-state index is 9.48. The van der Waals surface area contributed by atoms with Gasteiger partial charge < -0.3 is 9.63 Å². The first-order valence-corrected chi connectivity index (χ1v) is 6.51. The van der Waals surface area contributed by atoms with Gasteiger partial charge in [0.25, 0.3) is 0 Å². The monoisotopic (exact) mass is 259 g/mol. The maximum Gasteiger partial charge on any atom is 0.241 e. The van der Waals surface area contributed by atoms with Crippen molar-refractivity contribution in [3.8, 4) is 11.4 Å². The van der Waals surface area contributed by atoms with Crippen LogP contribution in [0.1, 0.15) is 17.9 Å². The highest BCUT2D eigenvalue weighted by Gasteiger charge is 2.22. The molecule has 0 spiro atoms. The Labute approximate surface area is 111 Å². The first kappa shape index (κ1) is 12.3. The van der Waals surface area contributed by atoms with Crippen LogP contribution in [0.15, 0.2) is 28.8 Å². The van der Waals surface area contributed by atoms with E-state index in [0.717, 1.165) is 18.5 Å². The minimum absolute atomic E-state index is 0.223. The van der Waals surface area contributed by atoms with Crippen LogP contribution in [-0.2, 0) is 6.54 Å². The van der Waals surface area contributed by atoms with E-state index in [-0.39, 0.29) is 6.10 Å². The Bertz CT molecular complexity index is 550.